The van der Waals surface area contributed by atoms with Crippen molar-refractivity contribution >= 4 is 10.0 Å². The molecule has 1 aromatic carbocycles. The van der Waals surface area contributed by atoms with Crippen LogP contribution in [0.1, 0.15) is 18.4 Å². The van der Waals surface area contributed by atoms with Crippen molar-refractivity contribution < 1.29 is 13.5 Å². The van der Waals surface area contributed by atoms with E-state index in [0.29, 0.717) is 25.9 Å². The third-order valence-electron chi connectivity index (χ3n) is 3.79. The molecule has 0 amide bonds. The van der Waals surface area contributed by atoms with Gasteiger partial charge in [0.25, 0.3) is 0 Å². The topological polar surface area (TPSA) is 75.4 Å². The van der Waals surface area contributed by atoms with E-state index < -0.39 is 16.1 Å². The summed E-state index contributed by atoms with van der Waals surface area (Å²) in [5.41, 5.74) is 1.06. The molecule has 7 heteroatoms. The van der Waals surface area contributed by atoms with E-state index in [1.807, 2.05) is 30.3 Å². The highest BCUT2D eigenvalue weighted by Gasteiger charge is 2.30. The van der Waals surface area contributed by atoms with Crippen molar-refractivity contribution in [1.82, 2.24) is 14.1 Å². The number of piperidine rings is 1. The van der Waals surface area contributed by atoms with Gasteiger partial charge < -0.3 is 5.11 Å². The van der Waals surface area contributed by atoms with Gasteiger partial charge in [-0.15, -0.1) is 0 Å². The molecule has 1 N–H and O–H groups in total. The molecule has 1 fully saturated rings. The average molecular weight is 321 g/mol. The Morgan fingerprint density at radius 2 is 2.05 bits per heavy atom. The number of sulfonamides is 1. The molecule has 2 aromatic rings. The Bertz CT molecular complexity index is 728. The predicted molar refractivity (Wildman–Crippen MR) is 81.8 cm³/mol. The summed E-state index contributed by atoms with van der Waals surface area (Å²) in [7, 11) is -3.58. The summed E-state index contributed by atoms with van der Waals surface area (Å²) >= 11 is 0. The quantitative estimate of drug-likeness (QED) is 0.914. The Hall–Kier alpha value is -1.70. The van der Waals surface area contributed by atoms with Gasteiger partial charge in [-0.2, -0.15) is 9.40 Å². The van der Waals surface area contributed by atoms with Gasteiger partial charge in [-0.1, -0.05) is 30.3 Å². The fraction of sp³-hybridized carbons (Fsp3) is 0.400. The minimum Gasteiger partial charge on any atom is -0.392 e. The first-order valence-electron chi connectivity index (χ1n) is 7.30. The summed E-state index contributed by atoms with van der Waals surface area (Å²) in [6, 6.07) is 9.75. The summed E-state index contributed by atoms with van der Waals surface area (Å²) in [4.78, 5) is 0.178. The van der Waals surface area contributed by atoms with Crippen LogP contribution in [0, 0.1) is 0 Å². The van der Waals surface area contributed by atoms with E-state index in [1.54, 1.807) is 10.9 Å². The van der Waals surface area contributed by atoms with Gasteiger partial charge in [0.15, 0.2) is 0 Å². The molecule has 0 saturated carbocycles. The summed E-state index contributed by atoms with van der Waals surface area (Å²) < 4.78 is 28.1. The van der Waals surface area contributed by atoms with E-state index in [-0.39, 0.29) is 11.4 Å². The van der Waals surface area contributed by atoms with Crippen LogP contribution in [0.15, 0.2) is 47.6 Å². The van der Waals surface area contributed by atoms with Crippen LogP contribution in [0.3, 0.4) is 0 Å². The first-order chi connectivity index (χ1) is 10.6. The molecule has 1 unspecified atom stereocenters. The van der Waals surface area contributed by atoms with Crippen molar-refractivity contribution in [2.24, 2.45) is 0 Å². The minimum absolute atomic E-state index is 0.159. The van der Waals surface area contributed by atoms with Gasteiger partial charge in [0.1, 0.15) is 4.90 Å². The first kappa shape index (κ1) is 15.2. The van der Waals surface area contributed by atoms with Gasteiger partial charge in [0.05, 0.1) is 18.8 Å². The number of hydrogen-bond donors (Lipinski definition) is 1. The predicted octanol–water partition coefficient (Wildman–Crippen LogP) is 1.08. The molecule has 1 aliphatic heterocycles. The van der Waals surface area contributed by atoms with Crippen LogP contribution < -0.4 is 0 Å². The lowest BCUT2D eigenvalue weighted by Crippen LogP contribution is -2.41. The van der Waals surface area contributed by atoms with Crippen molar-refractivity contribution in [3.8, 4) is 0 Å². The van der Waals surface area contributed by atoms with Crippen molar-refractivity contribution in [3.05, 3.63) is 48.3 Å². The Kier molecular flexibility index (Phi) is 4.28. The van der Waals surface area contributed by atoms with Crippen molar-refractivity contribution in [2.75, 3.05) is 13.1 Å². The maximum Gasteiger partial charge on any atom is 0.246 e. The summed E-state index contributed by atoms with van der Waals surface area (Å²) in [6.45, 7) is 1.13. The molecule has 0 spiro atoms. The Balaban J connectivity index is 1.77. The number of nitrogens with zero attached hydrogens (tertiary/aromatic N) is 3. The van der Waals surface area contributed by atoms with E-state index in [2.05, 4.69) is 5.10 Å². The van der Waals surface area contributed by atoms with Crippen molar-refractivity contribution in [1.29, 1.82) is 0 Å². The van der Waals surface area contributed by atoms with Crippen LogP contribution in [0.25, 0.3) is 0 Å². The number of aliphatic hydroxyl groups excluding tert-OH is 1. The summed E-state index contributed by atoms with van der Waals surface area (Å²) in [6.07, 6.45) is 3.67. The Morgan fingerprint density at radius 1 is 1.27 bits per heavy atom. The molecule has 0 aliphatic carbocycles. The van der Waals surface area contributed by atoms with E-state index >= 15 is 0 Å². The molecular formula is C15H19N3O3S. The number of aliphatic hydroxyl groups is 1. The molecule has 22 heavy (non-hydrogen) atoms. The third kappa shape index (κ3) is 3.21. The summed E-state index contributed by atoms with van der Waals surface area (Å²) in [5.74, 6) is 0. The molecule has 6 nitrogen and oxygen atoms in total. The van der Waals surface area contributed by atoms with Gasteiger partial charge in [0, 0.05) is 19.3 Å². The lowest BCUT2D eigenvalue weighted by molar-refractivity contribution is 0.108. The van der Waals surface area contributed by atoms with Gasteiger partial charge >= 0.3 is 0 Å². The van der Waals surface area contributed by atoms with E-state index in [9.17, 15) is 13.5 Å². The standard InChI is InChI=1S/C15H19N3O3S/c19-14-7-4-8-18(11-14)22(20,21)15-9-16-17(12-15)10-13-5-2-1-3-6-13/h1-3,5-6,9,12,14,19H,4,7-8,10-11H2. The first-order valence-corrected chi connectivity index (χ1v) is 8.74. The fourth-order valence-corrected chi connectivity index (χ4v) is 4.09. The number of hydrogen-bond acceptors (Lipinski definition) is 4. The second-order valence-electron chi connectivity index (χ2n) is 5.52. The molecule has 3 rings (SSSR count). The number of benzene rings is 1. The zero-order valence-corrected chi connectivity index (χ0v) is 13.0. The second-order valence-corrected chi connectivity index (χ2v) is 7.46. The van der Waals surface area contributed by atoms with Crippen LogP contribution >= 0.6 is 0 Å². The highest BCUT2D eigenvalue weighted by Crippen LogP contribution is 2.20. The highest BCUT2D eigenvalue weighted by molar-refractivity contribution is 7.89. The minimum atomic E-state index is -3.58. The third-order valence-corrected chi connectivity index (χ3v) is 5.61. The monoisotopic (exact) mass is 321 g/mol. The average Bonchev–Trinajstić information content (AvgIpc) is 2.97. The van der Waals surface area contributed by atoms with Crippen LogP contribution in [0.2, 0.25) is 0 Å². The molecular weight excluding hydrogens is 302 g/mol. The smallest absolute Gasteiger partial charge is 0.246 e. The van der Waals surface area contributed by atoms with Crippen molar-refractivity contribution in [3.63, 3.8) is 0 Å². The van der Waals surface area contributed by atoms with Crippen LogP contribution in [-0.2, 0) is 16.6 Å². The van der Waals surface area contributed by atoms with Crippen LogP contribution in [0.4, 0.5) is 0 Å². The molecule has 1 aliphatic rings. The molecule has 1 saturated heterocycles. The molecule has 2 heterocycles. The molecule has 1 aromatic heterocycles. The zero-order valence-electron chi connectivity index (χ0n) is 12.2. The fourth-order valence-electron chi connectivity index (χ4n) is 2.62. The number of β-amino-alcohol motifs (C(OH)–C–C–N with tert-alkyl or cyclic N) is 1. The van der Waals surface area contributed by atoms with E-state index in [1.165, 1.54) is 10.5 Å². The molecule has 0 bridgehead atoms. The second kappa shape index (κ2) is 6.20. The zero-order chi connectivity index (χ0) is 15.6. The van der Waals surface area contributed by atoms with Crippen LogP contribution in [-0.4, -0.2) is 46.8 Å². The highest BCUT2D eigenvalue weighted by atomic mass is 32.2. The number of aromatic nitrogens is 2. The van der Waals surface area contributed by atoms with E-state index in [4.69, 9.17) is 0 Å². The van der Waals surface area contributed by atoms with Gasteiger partial charge in [-0.3, -0.25) is 4.68 Å². The van der Waals surface area contributed by atoms with Gasteiger partial charge in [-0.25, -0.2) is 8.42 Å². The maximum absolute atomic E-state index is 12.6. The van der Waals surface area contributed by atoms with Crippen LogP contribution in [0.5, 0.6) is 0 Å². The van der Waals surface area contributed by atoms with E-state index in [0.717, 1.165) is 5.56 Å². The molecule has 118 valence electrons. The largest absolute Gasteiger partial charge is 0.392 e. The van der Waals surface area contributed by atoms with Gasteiger partial charge in [-0.05, 0) is 18.4 Å². The van der Waals surface area contributed by atoms with Crippen molar-refractivity contribution in [2.45, 2.75) is 30.4 Å². The lowest BCUT2D eigenvalue weighted by Gasteiger charge is -2.28. The Morgan fingerprint density at radius 3 is 2.77 bits per heavy atom. The lowest BCUT2D eigenvalue weighted by atomic mass is 10.1. The normalized spacial score (nSPS) is 20.1. The Labute approximate surface area is 130 Å². The number of rotatable bonds is 4. The molecule has 1 atom stereocenters. The van der Waals surface area contributed by atoms with Gasteiger partial charge in [0.2, 0.25) is 10.0 Å². The summed E-state index contributed by atoms with van der Waals surface area (Å²) in [5, 5.41) is 13.8. The molecule has 0 radical (unpaired) electrons. The maximum atomic E-state index is 12.6. The SMILES string of the molecule is O=S(=O)(c1cnn(Cc2ccccc2)c1)N1CCCC(O)C1.